The van der Waals surface area contributed by atoms with Crippen LogP contribution in [0.2, 0.25) is 0 Å². The number of nitrogens with one attached hydrogen (secondary N) is 1. The molecule has 1 aliphatic rings. The molecule has 26 heavy (non-hydrogen) atoms. The minimum Gasteiger partial charge on any atom is -0.325 e. The highest BCUT2D eigenvalue weighted by Crippen LogP contribution is 2.35. The van der Waals surface area contributed by atoms with E-state index < -0.39 is 17.6 Å². The lowest BCUT2D eigenvalue weighted by Crippen LogP contribution is -2.19. The van der Waals surface area contributed by atoms with Crippen LogP contribution in [-0.4, -0.2) is 31.9 Å². The first-order valence-corrected chi connectivity index (χ1v) is 9.30. The standard InChI is InChI=1S/C16H18F3N5OS/c17-16(18,19)12-8-4-5-9-13(12)20-14(25)10-26-15-21-22-23-24(15)11-6-2-1-3-7-11/h4-5,8-9,11H,1-3,6-7,10H2,(H,20,25). The SMILES string of the molecule is O=C(CSc1nnnn1C1CCCCC1)Nc1ccccc1C(F)(F)F. The van der Waals surface area contributed by atoms with Crippen LogP contribution in [0.5, 0.6) is 0 Å². The smallest absolute Gasteiger partial charge is 0.325 e. The maximum Gasteiger partial charge on any atom is 0.418 e. The number of rotatable bonds is 5. The second-order valence-electron chi connectivity index (χ2n) is 6.08. The summed E-state index contributed by atoms with van der Waals surface area (Å²) in [6.07, 6.45) is 0.879. The Kier molecular flexibility index (Phi) is 5.80. The fraction of sp³-hybridized carbons (Fsp3) is 0.500. The van der Waals surface area contributed by atoms with Crippen LogP contribution >= 0.6 is 11.8 Å². The largest absolute Gasteiger partial charge is 0.418 e. The molecule has 1 amide bonds. The van der Waals surface area contributed by atoms with Crippen LogP contribution in [0, 0.1) is 0 Å². The van der Waals surface area contributed by atoms with E-state index in [1.54, 1.807) is 4.68 Å². The number of alkyl halides is 3. The molecule has 0 spiro atoms. The van der Waals surface area contributed by atoms with E-state index in [9.17, 15) is 18.0 Å². The topological polar surface area (TPSA) is 72.7 Å². The summed E-state index contributed by atoms with van der Waals surface area (Å²) >= 11 is 1.12. The second-order valence-corrected chi connectivity index (χ2v) is 7.02. The monoisotopic (exact) mass is 385 g/mol. The molecule has 1 N–H and O–H groups in total. The van der Waals surface area contributed by atoms with Crippen molar-refractivity contribution >= 4 is 23.4 Å². The van der Waals surface area contributed by atoms with Gasteiger partial charge in [-0.15, -0.1) is 5.10 Å². The Bertz CT molecular complexity index is 758. The summed E-state index contributed by atoms with van der Waals surface area (Å²) in [5.74, 6) is -0.607. The number of benzene rings is 1. The van der Waals surface area contributed by atoms with Crippen molar-refractivity contribution in [3.63, 3.8) is 0 Å². The number of tetrazole rings is 1. The number of halogens is 3. The van der Waals surface area contributed by atoms with E-state index in [4.69, 9.17) is 0 Å². The molecule has 0 bridgehead atoms. The molecule has 1 heterocycles. The van der Waals surface area contributed by atoms with Gasteiger partial charge in [0.2, 0.25) is 11.1 Å². The fourth-order valence-corrected chi connectivity index (χ4v) is 3.74. The van der Waals surface area contributed by atoms with Gasteiger partial charge in [0.05, 0.1) is 23.0 Å². The minimum absolute atomic E-state index is 0.0702. The maximum absolute atomic E-state index is 13.0. The Morgan fingerprint density at radius 1 is 1.23 bits per heavy atom. The van der Waals surface area contributed by atoms with Gasteiger partial charge in [-0.25, -0.2) is 4.68 Å². The quantitative estimate of drug-likeness (QED) is 0.790. The molecule has 1 aromatic carbocycles. The molecule has 0 saturated heterocycles. The average Bonchev–Trinajstić information content (AvgIpc) is 3.09. The number of nitrogens with zero attached hydrogens (tertiary/aromatic N) is 4. The zero-order valence-corrected chi connectivity index (χ0v) is 14.7. The summed E-state index contributed by atoms with van der Waals surface area (Å²) < 4.78 is 40.7. The van der Waals surface area contributed by atoms with E-state index in [2.05, 4.69) is 20.8 Å². The third kappa shape index (κ3) is 4.54. The maximum atomic E-state index is 13.0. The van der Waals surface area contributed by atoms with Gasteiger partial charge in [0.1, 0.15) is 0 Å². The van der Waals surface area contributed by atoms with E-state index in [1.165, 1.54) is 24.6 Å². The molecule has 0 atom stereocenters. The minimum atomic E-state index is -4.53. The molecular weight excluding hydrogens is 367 g/mol. The van der Waals surface area contributed by atoms with Crippen molar-refractivity contribution < 1.29 is 18.0 Å². The number of anilines is 1. The number of thioether (sulfide) groups is 1. The van der Waals surface area contributed by atoms with Crippen molar-refractivity contribution in [3.05, 3.63) is 29.8 Å². The highest BCUT2D eigenvalue weighted by atomic mass is 32.2. The molecule has 6 nitrogen and oxygen atoms in total. The summed E-state index contributed by atoms with van der Waals surface area (Å²) in [4.78, 5) is 12.1. The van der Waals surface area contributed by atoms with Crippen LogP contribution in [0.15, 0.2) is 29.4 Å². The number of hydrogen-bond donors (Lipinski definition) is 1. The van der Waals surface area contributed by atoms with Gasteiger partial charge in [-0.1, -0.05) is 43.2 Å². The summed E-state index contributed by atoms with van der Waals surface area (Å²) in [5.41, 5.74) is -1.12. The van der Waals surface area contributed by atoms with E-state index in [0.717, 1.165) is 43.5 Å². The molecule has 0 radical (unpaired) electrons. The Hall–Kier alpha value is -2.10. The Morgan fingerprint density at radius 3 is 2.69 bits per heavy atom. The van der Waals surface area contributed by atoms with Gasteiger partial charge in [-0.3, -0.25) is 4.79 Å². The lowest BCUT2D eigenvalue weighted by Gasteiger charge is -2.21. The van der Waals surface area contributed by atoms with Gasteiger partial charge in [-0.05, 0) is 35.4 Å². The van der Waals surface area contributed by atoms with E-state index in [0.29, 0.717) is 5.16 Å². The molecule has 1 aliphatic carbocycles. The zero-order chi connectivity index (χ0) is 18.6. The lowest BCUT2D eigenvalue weighted by molar-refractivity contribution is -0.137. The number of aromatic nitrogens is 4. The van der Waals surface area contributed by atoms with Crippen LogP contribution < -0.4 is 5.32 Å². The normalized spacial score (nSPS) is 15.8. The van der Waals surface area contributed by atoms with Gasteiger partial charge in [0.15, 0.2) is 0 Å². The van der Waals surface area contributed by atoms with Crippen LogP contribution in [-0.2, 0) is 11.0 Å². The Morgan fingerprint density at radius 2 is 1.96 bits per heavy atom. The van der Waals surface area contributed by atoms with Gasteiger partial charge < -0.3 is 5.32 Å². The molecule has 1 fully saturated rings. The van der Waals surface area contributed by atoms with Gasteiger partial charge in [0, 0.05) is 0 Å². The predicted octanol–water partition coefficient (Wildman–Crippen LogP) is 3.93. The molecule has 10 heteroatoms. The first-order chi connectivity index (χ1) is 12.4. The molecule has 1 aromatic heterocycles. The first-order valence-electron chi connectivity index (χ1n) is 8.32. The van der Waals surface area contributed by atoms with E-state index >= 15 is 0 Å². The van der Waals surface area contributed by atoms with Gasteiger partial charge in [-0.2, -0.15) is 13.2 Å². The van der Waals surface area contributed by atoms with Crippen LogP contribution in [0.4, 0.5) is 18.9 Å². The van der Waals surface area contributed by atoms with Crippen molar-refractivity contribution in [2.75, 3.05) is 11.1 Å². The van der Waals surface area contributed by atoms with Crippen LogP contribution in [0.3, 0.4) is 0 Å². The number of hydrogen-bond acceptors (Lipinski definition) is 5. The molecule has 3 rings (SSSR count). The van der Waals surface area contributed by atoms with Crippen molar-refractivity contribution in [1.82, 2.24) is 20.2 Å². The lowest BCUT2D eigenvalue weighted by atomic mass is 9.96. The van der Waals surface area contributed by atoms with Crippen molar-refractivity contribution in [2.24, 2.45) is 0 Å². The van der Waals surface area contributed by atoms with Crippen LogP contribution in [0.25, 0.3) is 0 Å². The Labute approximate surface area is 152 Å². The molecular formula is C16H18F3N5OS. The van der Waals surface area contributed by atoms with Crippen molar-refractivity contribution in [2.45, 2.75) is 49.5 Å². The van der Waals surface area contributed by atoms with Crippen molar-refractivity contribution in [1.29, 1.82) is 0 Å². The zero-order valence-electron chi connectivity index (χ0n) is 13.9. The Balaban J connectivity index is 1.62. The van der Waals surface area contributed by atoms with Gasteiger partial charge in [0.25, 0.3) is 0 Å². The molecule has 140 valence electrons. The number of para-hydroxylation sites is 1. The number of carbonyl (C=O) groups is 1. The third-order valence-electron chi connectivity index (χ3n) is 4.22. The summed E-state index contributed by atoms with van der Waals surface area (Å²) in [6.45, 7) is 0. The van der Waals surface area contributed by atoms with Crippen LogP contribution in [0.1, 0.15) is 43.7 Å². The highest BCUT2D eigenvalue weighted by molar-refractivity contribution is 7.99. The average molecular weight is 385 g/mol. The highest BCUT2D eigenvalue weighted by Gasteiger charge is 2.33. The number of carbonyl (C=O) groups excluding carboxylic acids is 1. The van der Waals surface area contributed by atoms with E-state index in [-0.39, 0.29) is 17.5 Å². The molecule has 1 saturated carbocycles. The van der Waals surface area contributed by atoms with Gasteiger partial charge >= 0.3 is 6.18 Å². The van der Waals surface area contributed by atoms with E-state index in [1.807, 2.05) is 0 Å². The number of amides is 1. The first kappa shape index (κ1) is 18.7. The third-order valence-corrected chi connectivity index (χ3v) is 5.16. The molecule has 2 aromatic rings. The van der Waals surface area contributed by atoms with Crippen molar-refractivity contribution in [3.8, 4) is 0 Å². The predicted molar refractivity (Wildman–Crippen MR) is 90.7 cm³/mol. The summed E-state index contributed by atoms with van der Waals surface area (Å²) in [6, 6.07) is 5.12. The molecule has 0 unspecified atom stereocenters. The summed E-state index contributed by atoms with van der Waals surface area (Å²) in [5, 5.41) is 14.4. The second kappa shape index (κ2) is 8.07. The summed E-state index contributed by atoms with van der Waals surface area (Å²) in [7, 11) is 0. The molecule has 0 aliphatic heterocycles. The fourth-order valence-electron chi connectivity index (χ4n) is 2.99.